The van der Waals surface area contributed by atoms with Gasteiger partial charge < -0.3 is 55.7 Å². The third-order valence-electron chi connectivity index (χ3n) is 4.04. The van der Waals surface area contributed by atoms with Crippen molar-refractivity contribution in [1.29, 1.82) is 0 Å². The zero-order chi connectivity index (χ0) is 17.3. The molecule has 2 aliphatic rings. The molecule has 23 heavy (non-hydrogen) atoms. The summed E-state index contributed by atoms with van der Waals surface area (Å²) in [4.78, 5) is 0. The molecule has 11 heteroatoms. The molecule has 2 aliphatic heterocycles. The number of aliphatic hydroxyl groups is 7. The molecule has 2 fully saturated rings. The summed E-state index contributed by atoms with van der Waals surface area (Å²) in [7, 11) is 0. The minimum atomic E-state index is -1.69. The van der Waals surface area contributed by atoms with E-state index in [9.17, 15) is 30.6 Å². The fraction of sp³-hybridized carbons (Fsp3) is 1.00. The molecule has 0 bridgehead atoms. The standard InChI is InChI=1S/C12H23NO10/c13-11-8(19)7(18)10(4(2-15)21-11)23-12-9(20)6(17)5(16)3(1-14)22-12/h3-12,14-20H,1-2,13H2/t3-,4-,5+,6+,7+,8-,9-,10+,11?,12-/m1/s1. The summed E-state index contributed by atoms with van der Waals surface area (Å²) in [6.07, 6.45) is -14.4. The van der Waals surface area contributed by atoms with Crippen molar-refractivity contribution in [2.24, 2.45) is 5.73 Å². The van der Waals surface area contributed by atoms with Crippen LogP contribution in [-0.2, 0) is 14.2 Å². The molecule has 1 unspecified atom stereocenters. The topological polar surface area (TPSA) is 195 Å². The molecule has 2 heterocycles. The van der Waals surface area contributed by atoms with Gasteiger partial charge in [0.25, 0.3) is 0 Å². The molecule has 0 aromatic heterocycles. The van der Waals surface area contributed by atoms with Crippen molar-refractivity contribution in [1.82, 2.24) is 0 Å². The van der Waals surface area contributed by atoms with Gasteiger partial charge in [-0.3, -0.25) is 0 Å². The van der Waals surface area contributed by atoms with Crippen molar-refractivity contribution < 1.29 is 50.0 Å². The zero-order valence-corrected chi connectivity index (χ0v) is 12.1. The molecule has 0 aliphatic carbocycles. The van der Waals surface area contributed by atoms with Crippen LogP contribution in [0.15, 0.2) is 0 Å². The van der Waals surface area contributed by atoms with E-state index in [1.165, 1.54) is 0 Å². The maximum absolute atomic E-state index is 10.0. The number of aliphatic hydroxyl groups excluding tert-OH is 7. The summed E-state index contributed by atoms with van der Waals surface area (Å²) in [6, 6.07) is 0. The van der Waals surface area contributed by atoms with E-state index < -0.39 is 74.6 Å². The molecule has 11 nitrogen and oxygen atoms in total. The van der Waals surface area contributed by atoms with Gasteiger partial charge in [-0.05, 0) is 0 Å². The predicted octanol–water partition coefficient (Wildman–Crippen LogP) is -5.43. The molecule has 2 rings (SSSR count). The van der Waals surface area contributed by atoms with Crippen LogP contribution in [0.2, 0.25) is 0 Å². The molecule has 0 radical (unpaired) electrons. The Labute approximate surface area is 131 Å². The summed E-state index contributed by atoms with van der Waals surface area (Å²) in [5.41, 5.74) is 5.46. The van der Waals surface area contributed by atoms with Gasteiger partial charge in [0.1, 0.15) is 55.1 Å². The van der Waals surface area contributed by atoms with E-state index in [0.717, 1.165) is 0 Å². The van der Waals surface area contributed by atoms with E-state index in [-0.39, 0.29) is 0 Å². The largest absolute Gasteiger partial charge is 0.394 e. The predicted molar refractivity (Wildman–Crippen MR) is 70.6 cm³/mol. The van der Waals surface area contributed by atoms with Crippen LogP contribution < -0.4 is 5.73 Å². The zero-order valence-electron chi connectivity index (χ0n) is 12.1. The van der Waals surface area contributed by atoms with Crippen LogP contribution >= 0.6 is 0 Å². The van der Waals surface area contributed by atoms with Crippen LogP contribution in [0.5, 0.6) is 0 Å². The lowest BCUT2D eigenvalue weighted by Crippen LogP contribution is -2.65. The summed E-state index contributed by atoms with van der Waals surface area (Å²) < 4.78 is 15.6. The van der Waals surface area contributed by atoms with Crippen LogP contribution in [0.25, 0.3) is 0 Å². The lowest BCUT2D eigenvalue weighted by Gasteiger charge is -2.45. The average Bonchev–Trinajstić information content (AvgIpc) is 2.55. The van der Waals surface area contributed by atoms with Crippen molar-refractivity contribution in [3.8, 4) is 0 Å². The maximum Gasteiger partial charge on any atom is 0.187 e. The minimum absolute atomic E-state index is 0.598. The Morgan fingerprint density at radius 1 is 0.739 bits per heavy atom. The smallest absolute Gasteiger partial charge is 0.187 e. The Morgan fingerprint density at radius 2 is 1.35 bits per heavy atom. The molecule has 10 atom stereocenters. The van der Waals surface area contributed by atoms with E-state index in [2.05, 4.69) is 0 Å². The van der Waals surface area contributed by atoms with Gasteiger partial charge in [0.2, 0.25) is 0 Å². The van der Waals surface area contributed by atoms with Crippen LogP contribution in [-0.4, -0.2) is 110 Å². The van der Waals surface area contributed by atoms with E-state index in [1.54, 1.807) is 0 Å². The van der Waals surface area contributed by atoms with Gasteiger partial charge in [0, 0.05) is 0 Å². The maximum atomic E-state index is 10.0. The Balaban J connectivity index is 2.11. The van der Waals surface area contributed by atoms with E-state index in [0.29, 0.717) is 0 Å². The number of hydrogen-bond acceptors (Lipinski definition) is 11. The lowest BCUT2D eigenvalue weighted by atomic mass is 9.96. The SMILES string of the molecule is NC1O[C@H](CO)[C@H](O[C@H]2O[C@H](CO)[C@H](O)[C@H](O)[C@H]2O)[C@@H](O)[C@H]1O. The van der Waals surface area contributed by atoms with Gasteiger partial charge in [0.05, 0.1) is 13.2 Å². The summed E-state index contributed by atoms with van der Waals surface area (Å²) in [6.45, 7) is -1.25. The third kappa shape index (κ3) is 3.65. The second-order valence-electron chi connectivity index (χ2n) is 5.60. The highest BCUT2D eigenvalue weighted by Crippen LogP contribution is 2.28. The molecular formula is C12H23NO10. The van der Waals surface area contributed by atoms with Gasteiger partial charge in [0.15, 0.2) is 6.29 Å². The minimum Gasteiger partial charge on any atom is -0.394 e. The number of hydrogen-bond donors (Lipinski definition) is 8. The molecule has 0 aromatic rings. The fourth-order valence-electron chi connectivity index (χ4n) is 2.62. The number of rotatable bonds is 4. The van der Waals surface area contributed by atoms with Crippen LogP contribution in [0.3, 0.4) is 0 Å². The van der Waals surface area contributed by atoms with Gasteiger partial charge in [-0.1, -0.05) is 0 Å². The first-order valence-corrected chi connectivity index (χ1v) is 7.15. The second-order valence-corrected chi connectivity index (χ2v) is 5.60. The quantitative estimate of drug-likeness (QED) is 0.243. The third-order valence-corrected chi connectivity index (χ3v) is 4.04. The number of nitrogens with two attached hydrogens (primary N) is 1. The highest BCUT2D eigenvalue weighted by Gasteiger charge is 2.49. The van der Waals surface area contributed by atoms with E-state index >= 15 is 0 Å². The second kappa shape index (κ2) is 7.63. The fourth-order valence-corrected chi connectivity index (χ4v) is 2.62. The monoisotopic (exact) mass is 341 g/mol. The molecular weight excluding hydrogens is 318 g/mol. The first-order chi connectivity index (χ1) is 10.8. The van der Waals surface area contributed by atoms with Gasteiger partial charge in [-0.15, -0.1) is 0 Å². The van der Waals surface area contributed by atoms with Gasteiger partial charge in [-0.25, -0.2) is 0 Å². The van der Waals surface area contributed by atoms with E-state index in [4.69, 9.17) is 25.1 Å². The molecule has 2 saturated heterocycles. The molecule has 0 spiro atoms. The Morgan fingerprint density at radius 3 is 1.91 bits per heavy atom. The summed E-state index contributed by atoms with van der Waals surface area (Å²) in [5, 5.41) is 67.4. The first kappa shape index (κ1) is 18.9. The first-order valence-electron chi connectivity index (χ1n) is 7.15. The highest BCUT2D eigenvalue weighted by molar-refractivity contribution is 4.94. The average molecular weight is 341 g/mol. The van der Waals surface area contributed by atoms with Crippen LogP contribution in [0.1, 0.15) is 0 Å². The molecule has 0 saturated carbocycles. The van der Waals surface area contributed by atoms with Crippen molar-refractivity contribution in [2.75, 3.05) is 13.2 Å². The molecule has 0 amide bonds. The Kier molecular flexibility index (Phi) is 6.27. The van der Waals surface area contributed by atoms with Crippen LogP contribution in [0.4, 0.5) is 0 Å². The van der Waals surface area contributed by atoms with Gasteiger partial charge in [-0.2, -0.15) is 0 Å². The normalized spacial score (nSPS) is 51.7. The van der Waals surface area contributed by atoms with E-state index in [1.807, 2.05) is 0 Å². The molecule has 136 valence electrons. The van der Waals surface area contributed by atoms with Crippen molar-refractivity contribution >= 4 is 0 Å². The Bertz CT molecular complexity index is 383. The van der Waals surface area contributed by atoms with Gasteiger partial charge >= 0.3 is 0 Å². The summed E-state index contributed by atoms with van der Waals surface area (Å²) >= 11 is 0. The summed E-state index contributed by atoms with van der Waals surface area (Å²) in [5.74, 6) is 0. The van der Waals surface area contributed by atoms with Crippen molar-refractivity contribution in [2.45, 2.75) is 61.3 Å². The molecule has 0 aromatic carbocycles. The number of ether oxygens (including phenoxy) is 3. The lowest BCUT2D eigenvalue weighted by molar-refractivity contribution is -0.341. The van der Waals surface area contributed by atoms with Crippen molar-refractivity contribution in [3.63, 3.8) is 0 Å². The highest BCUT2D eigenvalue weighted by atomic mass is 16.7. The molecule has 9 N–H and O–H groups in total. The Hall–Kier alpha value is -0.440. The van der Waals surface area contributed by atoms with Crippen molar-refractivity contribution in [3.05, 3.63) is 0 Å². The van der Waals surface area contributed by atoms with Crippen LogP contribution in [0, 0.1) is 0 Å².